The van der Waals surface area contributed by atoms with Gasteiger partial charge >= 0.3 is 17.9 Å². The predicted molar refractivity (Wildman–Crippen MR) is 348 cm³/mol. The van der Waals surface area contributed by atoms with Crippen LogP contribution in [0.3, 0.4) is 0 Å². The number of allylic oxidation sites excluding steroid dienone is 16. The van der Waals surface area contributed by atoms with E-state index in [1.807, 2.05) is 0 Å². The van der Waals surface area contributed by atoms with Crippen LogP contribution < -0.4 is 0 Å². The monoisotopic (exact) mass is 1110 g/mol. The third-order valence-corrected chi connectivity index (χ3v) is 14.8. The van der Waals surface area contributed by atoms with Gasteiger partial charge in [0, 0.05) is 19.3 Å². The van der Waals surface area contributed by atoms with Crippen molar-refractivity contribution < 1.29 is 28.6 Å². The van der Waals surface area contributed by atoms with Crippen LogP contribution >= 0.6 is 0 Å². The molecular formula is C74H128O6. The van der Waals surface area contributed by atoms with Gasteiger partial charge in [-0.3, -0.25) is 14.4 Å². The number of unbranched alkanes of at least 4 members (excludes halogenated alkanes) is 35. The van der Waals surface area contributed by atoms with Crippen molar-refractivity contribution in [2.45, 2.75) is 341 Å². The molecule has 460 valence electrons. The first-order valence-electron chi connectivity index (χ1n) is 34.2. The van der Waals surface area contributed by atoms with E-state index < -0.39 is 6.10 Å². The molecule has 1 unspecified atom stereocenters. The van der Waals surface area contributed by atoms with Crippen molar-refractivity contribution in [2.75, 3.05) is 13.2 Å². The second-order valence-electron chi connectivity index (χ2n) is 22.7. The van der Waals surface area contributed by atoms with Crippen molar-refractivity contribution in [3.05, 3.63) is 97.2 Å². The fourth-order valence-corrected chi connectivity index (χ4v) is 9.71. The minimum absolute atomic E-state index is 0.0930. The number of carbonyl (C=O) groups is 3. The maximum atomic E-state index is 12.9. The Morgan fingerprint density at radius 1 is 0.263 bits per heavy atom. The highest BCUT2D eigenvalue weighted by Gasteiger charge is 2.19. The van der Waals surface area contributed by atoms with Crippen molar-refractivity contribution in [1.29, 1.82) is 0 Å². The molecule has 0 rings (SSSR count). The highest BCUT2D eigenvalue weighted by molar-refractivity contribution is 5.71. The van der Waals surface area contributed by atoms with E-state index in [1.54, 1.807) is 0 Å². The van der Waals surface area contributed by atoms with Crippen LogP contribution in [0, 0.1) is 0 Å². The average molecular weight is 1110 g/mol. The lowest BCUT2D eigenvalue weighted by Gasteiger charge is -2.18. The second-order valence-corrected chi connectivity index (χ2v) is 22.7. The molecule has 0 spiro atoms. The van der Waals surface area contributed by atoms with Gasteiger partial charge in [0.1, 0.15) is 13.2 Å². The molecule has 80 heavy (non-hydrogen) atoms. The maximum absolute atomic E-state index is 12.9. The largest absolute Gasteiger partial charge is 0.462 e. The van der Waals surface area contributed by atoms with E-state index in [4.69, 9.17) is 14.2 Å². The van der Waals surface area contributed by atoms with Gasteiger partial charge in [-0.1, -0.05) is 311 Å². The molecule has 6 nitrogen and oxygen atoms in total. The fraction of sp³-hybridized carbons (Fsp3) is 0.743. The molecule has 0 aliphatic carbocycles. The van der Waals surface area contributed by atoms with Crippen LogP contribution in [-0.2, 0) is 28.6 Å². The molecule has 1 atom stereocenters. The van der Waals surface area contributed by atoms with Crippen LogP contribution in [0.2, 0.25) is 0 Å². The summed E-state index contributed by atoms with van der Waals surface area (Å²) in [5.41, 5.74) is 0. The summed E-state index contributed by atoms with van der Waals surface area (Å²) in [4.78, 5) is 38.4. The number of esters is 3. The van der Waals surface area contributed by atoms with Gasteiger partial charge in [0.05, 0.1) is 0 Å². The summed E-state index contributed by atoms with van der Waals surface area (Å²) in [6.07, 6.45) is 91.3. The van der Waals surface area contributed by atoms with Crippen molar-refractivity contribution in [1.82, 2.24) is 0 Å². The Bertz CT molecular complexity index is 1560. The fourth-order valence-electron chi connectivity index (χ4n) is 9.71. The molecule has 0 radical (unpaired) electrons. The molecule has 0 aromatic rings. The van der Waals surface area contributed by atoms with Crippen LogP contribution in [-0.4, -0.2) is 37.2 Å². The quantitative estimate of drug-likeness (QED) is 0.0261. The molecule has 0 aromatic carbocycles. The summed E-state index contributed by atoms with van der Waals surface area (Å²) < 4.78 is 16.9. The molecule has 0 N–H and O–H groups in total. The Balaban J connectivity index is 4.43. The van der Waals surface area contributed by atoms with Crippen molar-refractivity contribution >= 4 is 17.9 Å². The number of ether oxygens (including phenoxy) is 3. The third-order valence-electron chi connectivity index (χ3n) is 14.8. The summed E-state index contributed by atoms with van der Waals surface area (Å²) in [5.74, 6) is -0.923. The zero-order valence-corrected chi connectivity index (χ0v) is 52.8. The first kappa shape index (κ1) is 76.3. The predicted octanol–water partition coefficient (Wildman–Crippen LogP) is 23.6. The molecule has 0 amide bonds. The van der Waals surface area contributed by atoms with E-state index in [1.165, 1.54) is 193 Å². The van der Waals surface area contributed by atoms with Gasteiger partial charge < -0.3 is 14.2 Å². The lowest BCUT2D eigenvalue weighted by molar-refractivity contribution is -0.167. The molecule has 0 fully saturated rings. The highest BCUT2D eigenvalue weighted by Crippen LogP contribution is 2.17. The summed E-state index contributed by atoms with van der Waals surface area (Å²) in [6.45, 7) is 6.53. The van der Waals surface area contributed by atoms with E-state index >= 15 is 0 Å². The van der Waals surface area contributed by atoms with Gasteiger partial charge in [-0.2, -0.15) is 0 Å². The Hall–Kier alpha value is -3.67. The third kappa shape index (κ3) is 65.1. The maximum Gasteiger partial charge on any atom is 0.306 e. The van der Waals surface area contributed by atoms with Crippen molar-refractivity contribution in [3.8, 4) is 0 Å². The summed E-state index contributed by atoms with van der Waals surface area (Å²) in [7, 11) is 0. The molecule has 0 aliphatic rings. The van der Waals surface area contributed by atoms with E-state index in [0.29, 0.717) is 19.3 Å². The van der Waals surface area contributed by atoms with Crippen molar-refractivity contribution in [3.63, 3.8) is 0 Å². The van der Waals surface area contributed by atoms with Crippen LogP contribution in [0.5, 0.6) is 0 Å². The van der Waals surface area contributed by atoms with E-state index in [-0.39, 0.29) is 37.5 Å². The van der Waals surface area contributed by atoms with Gasteiger partial charge in [-0.05, 0) is 103 Å². The van der Waals surface area contributed by atoms with Gasteiger partial charge in [0.15, 0.2) is 6.10 Å². The zero-order chi connectivity index (χ0) is 57.8. The van der Waals surface area contributed by atoms with Crippen LogP contribution in [0.15, 0.2) is 97.2 Å². The molecular weight excluding hydrogens is 985 g/mol. The van der Waals surface area contributed by atoms with Gasteiger partial charge in [-0.25, -0.2) is 0 Å². The molecule has 0 aliphatic heterocycles. The molecule has 0 bridgehead atoms. The van der Waals surface area contributed by atoms with E-state index in [0.717, 1.165) is 96.3 Å². The topological polar surface area (TPSA) is 78.9 Å². The number of carbonyl (C=O) groups excluding carboxylic acids is 3. The smallest absolute Gasteiger partial charge is 0.306 e. The standard InChI is InChI=1S/C74H128O6/c1-4-7-10-13-16-19-22-25-28-31-34-36-37-39-40-43-46-49-52-55-58-61-64-67-73(76)79-70-71(69-78-72(75)66-63-60-57-54-51-48-45-42-33-30-27-24-21-18-15-12-9-6-3)80-74(77)68-65-62-59-56-53-50-47-44-41-38-35-32-29-26-23-20-17-14-11-8-5-2/h8,11,17,20,22,25-26,29,31,34-35,38,44,47,53,56,71H,4-7,9-10,12-16,18-19,21,23-24,27-28,30,32-33,36-37,39-43,45-46,48-52,54-55,57-70H2,1-3H3/b11-8-,20-17-,25-22-,29-26-,34-31-,38-35-,47-44-,56-53-. The van der Waals surface area contributed by atoms with Crippen LogP contribution in [0.4, 0.5) is 0 Å². The number of rotatable bonds is 62. The molecule has 0 aromatic heterocycles. The summed E-state index contributed by atoms with van der Waals surface area (Å²) in [6, 6.07) is 0. The Morgan fingerprint density at radius 2 is 0.487 bits per heavy atom. The SMILES string of the molecule is CC/C=C\C/C=C\C/C=C\C/C=C\C/C=C\C/C=C\CCCCC(=O)OC(COC(=O)CCCCCCCCCCCCC/C=C\C/C=C\CCCCCCC)COC(=O)CCCCCCCCCCCCCCCCCCCC. The minimum Gasteiger partial charge on any atom is -0.462 e. The normalized spacial score (nSPS) is 12.7. The Morgan fingerprint density at radius 3 is 0.787 bits per heavy atom. The van der Waals surface area contributed by atoms with Gasteiger partial charge in [0.2, 0.25) is 0 Å². The Labute approximate surface area is 496 Å². The molecule has 6 heteroatoms. The molecule has 0 heterocycles. The average Bonchev–Trinajstić information content (AvgIpc) is 3.46. The first-order chi connectivity index (χ1) is 39.5. The van der Waals surface area contributed by atoms with Crippen LogP contribution in [0.1, 0.15) is 335 Å². The summed E-state index contributed by atoms with van der Waals surface area (Å²) in [5, 5.41) is 0. The van der Waals surface area contributed by atoms with Gasteiger partial charge in [0.25, 0.3) is 0 Å². The zero-order valence-electron chi connectivity index (χ0n) is 52.8. The lowest BCUT2D eigenvalue weighted by atomic mass is 10.0. The Kier molecular flexibility index (Phi) is 64.7. The molecule has 0 saturated carbocycles. The minimum atomic E-state index is -0.803. The lowest BCUT2D eigenvalue weighted by Crippen LogP contribution is -2.30. The highest BCUT2D eigenvalue weighted by atomic mass is 16.6. The van der Waals surface area contributed by atoms with Crippen molar-refractivity contribution in [2.24, 2.45) is 0 Å². The number of hydrogen-bond donors (Lipinski definition) is 0. The van der Waals surface area contributed by atoms with E-state index in [2.05, 4.69) is 118 Å². The molecule has 0 saturated heterocycles. The number of hydrogen-bond acceptors (Lipinski definition) is 6. The van der Waals surface area contributed by atoms with E-state index in [9.17, 15) is 14.4 Å². The van der Waals surface area contributed by atoms with Gasteiger partial charge in [-0.15, -0.1) is 0 Å². The second kappa shape index (κ2) is 67.8. The first-order valence-corrected chi connectivity index (χ1v) is 34.2. The summed E-state index contributed by atoms with van der Waals surface area (Å²) >= 11 is 0. The van der Waals surface area contributed by atoms with Crippen LogP contribution in [0.25, 0.3) is 0 Å².